The molecule has 2 atom stereocenters. The van der Waals surface area contributed by atoms with E-state index >= 15 is 0 Å². The first-order valence-corrected chi connectivity index (χ1v) is 8.58. The number of thioether (sulfide) groups is 1. The summed E-state index contributed by atoms with van der Waals surface area (Å²) in [5.74, 6) is 1.23. The van der Waals surface area contributed by atoms with Crippen molar-refractivity contribution >= 4 is 29.4 Å². The Hall–Kier alpha value is -0.910. The predicted octanol–water partition coefficient (Wildman–Crippen LogP) is 2.89. The van der Waals surface area contributed by atoms with Gasteiger partial charge < -0.3 is 15.7 Å². The lowest BCUT2D eigenvalue weighted by molar-refractivity contribution is 0.177. The van der Waals surface area contributed by atoms with Crippen molar-refractivity contribution in [1.82, 2.24) is 10.6 Å². The zero-order valence-corrected chi connectivity index (χ0v) is 13.4. The number of urea groups is 1. The van der Waals surface area contributed by atoms with Gasteiger partial charge in [0.05, 0.1) is 6.10 Å². The fourth-order valence-electron chi connectivity index (χ4n) is 2.40. The highest BCUT2D eigenvalue weighted by molar-refractivity contribution is 7.99. The summed E-state index contributed by atoms with van der Waals surface area (Å²) in [5, 5.41) is 15.9. The first-order chi connectivity index (χ1) is 10.1. The molecule has 0 aromatic heterocycles. The maximum Gasteiger partial charge on any atom is 0.314 e. The SMILES string of the molecule is O=C(NCCSc1ccc(Cl)cc1)NC[C@H]1CC[C@H](O)C1. The van der Waals surface area contributed by atoms with Gasteiger partial charge in [-0.2, -0.15) is 0 Å². The summed E-state index contributed by atoms with van der Waals surface area (Å²) < 4.78 is 0. The molecular formula is C15H21ClN2O2S. The molecule has 3 N–H and O–H groups in total. The molecule has 6 heteroatoms. The van der Waals surface area contributed by atoms with Crippen LogP contribution in [0.1, 0.15) is 19.3 Å². The zero-order valence-electron chi connectivity index (χ0n) is 11.8. The molecule has 1 aliphatic carbocycles. The quantitative estimate of drug-likeness (QED) is 0.556. The number of carbonyl (C=O) groups is 1. The van der Waals surface area contributed by atoms with E-state index in [0.29, 0.717) is 19.0 Å². The standard InChI is InChI=1S/C15H21ClN2O2S/c16-12-2-5-14(6-3-12)21-8-7-17-15(20)18-10-11-1-4-13(19)9-11/h2-3,5-6,11,13,19H,1,4,7-10H2,(H2,17,18,20)/t11-,13-/m0/s1. The van der Waals surface area contributed by atoms with Crippen LogP contribution in [-0.4, -0.2) is 36.1 Å². The highest BCUT2D eigenvalue weighted by Gasteiger charge is 2.22. The van der Waals surface area contributed by atoms with Gasteiger partial charge in [-0.3, -0.25) is 0 Å². The number of carbonyl (C=O) groups excluding carboxylic acids is 1. The number of hydrogen-bond acceptors (Lipinski definition) is 3. The van der Waals surface area contributed by atoms with E-state index in [1.165, 1.54) is 0 Å². The number of halogens is 1. The van der Waals surface area contributed by atoms with E-state index < -0.39 is 0 Å². The van der Waals surface area contributed by atoms with Gasteiger partial charge in [0.1, 0.15) is 0 Å². The van der Waals surface area contributed by atoms with Gasteiger partial charge in [0, 0.05) is 28.8 Å². The minimum Gasteiger partial charge on any atom is -0.393 e. The molecule has 116 valence electrons. The number of amides is 2. The van der Waals surface area contributed by atoms with Gasteiger partial charge in [-0.25, -0.2) is 4.79 Å². The summed E-state index contributed by atoms with van der Waals surface area (Å²) in [4.78, 5) is 12.8. The second kappa shape index (κ2) is 8.51. The third-order valence-corrected chi connectivity index (χ3v) is 4.80. The second-order valence-electron chi connectivity index (χ2n) is 5.27. The molecule has 0 heterocycles. The molecule has 1 aromatic carbocycles. The van der Waals surface area contributed by atoms with Gasteiger partial charge in [-0.15, -0.1) is 11.8 Å². The average molecular weight is 329 g/mol. The van der Waals surface area contributed by atoms with Crippen molar-refractivity contribution in [2.24, 2.45) is 5.92 Å². The van der Waals surface area contributed by atoms with Crippen molar-refractivity contribution in [3.63, 3.8) is 0 Å². The van der Waals surface area contributed by atoms with Crippen molar-refractivity contribution in [3.05, 3.63) is 29.3 Å². The van der Waals surface area contributed by atoms with Crippen molar-refractivity contribution < 1.29 is 9.90 Å². The molecule has 0 saturated heterocycles. The van der Waals surface area contributed by atoms with Gasteiger partial charge in [0.15, 0.2) is 0 Å². The molecule has 1 aliphatic rings. The number of aliphatic hydroxyl groups excluding tert-OH is 1. The molecule has 2 rings (SSSR count). The summed E-state index contributed by atoms with van der Waals surface area (Å²) in [6.07, 6.45) is 2.46. The zero-order chi connectivity index (χ0) is 15.1. The Balaban J connectivity index is 1.54. The molecule has 21 heavy (non-hydrogen) atoms. The highest BCUT2D eigenvalue weighted by atomic mass is 35.5. The Kier molecular flexibility index (Phi) is 6.67. The predicted molar refractivity (Wildman–Crippen MR) is 86.9 cm³/mol. The van der Waals surface area contributed by atoms with Crippen molar-refractivity contribution in [1.29, 1.82) is 0 Å². The van der Waals surface area contributed by atoms with E-state index in [0.717, 1.165) is 34.9 Å². The van der Waals surface area contributed by atoms with Crippen molar-refractivity contribution in [2.75, 3.05) is 18.8 Å². The summed E-state index contributed by atoms with van der Waals surface area (Å²) in [6.45, 7) is 1.26. The third-order valence-electron chi connectivity index (χ3n) is 3.53. The van der Waals surface area contributed by atoms with Gasteiger partial charge in [0.2, 0.25) is 0 Å². The van der Waals surface area contributed by atoms with Crippen LogP contribution in [-0.2, 0) is 0 Å². The second-order valence-corrected chi connectivity index (χ2v) is 6.88. The molecular weight excluding hydrogens is 308 g/mol. The van der Waals surface area contributed by atoms with Crippen LogP contribution in [0.3, 0.4) is 0 Å². The first kappa shape index (κ1) is 16.5. The van der Waals surface area contributed by atoms with Crippen LogP contribution in [0.4, 0.5) is 4.79 Å². The summed E-state index contributed by atoms with van der Waals surface area (Å²) in [5.41, 5.74) is 0. The van der Waals surface area contributed by atoms with E-state index in [1.54, 1.807) is 11.8 Å². The molecule has 0 aliphatic heterocycles. The topological polar surface area (TPSA) is 61.4 Å². The van der Waals surface area contributed by atoms with Crippen LogP contribution in [0.15, 0.2) is 29.2 Å². The molecule has 2 amide bonds. The smallest absolute Gasteiger partial charge is 0.314 e. The van der Waals surface area contributed by atoms with Crippen LogP contribution >= 0.6 is 23.4 Å². The van der Waals surface area contributed by atoms with E-state index in [1.807, 2.05) is 24.3 Å². The third kappa shape index (κ3) is 6.16. The number of aliphatic hydroxyl groups is 1. The number of hydrogen-bond donors (Lipinski definition) is 3. The largest absolute Gasteiger partial charge is 0.393 e. The lowest BCUT2D eigenvalue weighted by Gasteiger charge is -2.11. The Morgan fingerprint density at radius 2 is 2.05 bits per heavy atom. The van der Waals surface area contributed by atoms with Gasteiger partial charge in [-0.1, -0.05) is 11.6 Å². The lowest BCUT2D eigenvalue weighted by atomic mass is 10.1. The van der Waals surface area contributed by atoms with E-state index in [-0.39, 0.29) is 12.1 Å². The summed E-state index contributed by atoms with van der Waals surface area (Å²) >= 11 is 7.50. The molecule has 0 spiro atoms. The monoisotopic (exact) mass is 328 g/mol. The number of nitrogens with one attached hydrogen (secondary N) is 2. The Labute approximate surface area is 134 Å². The van der Waals surface area contributed by atoms with Gasteiger partial charge >= 0.3 is 6.03 Å². The highest BCUT2D eigenvalue weighted by Crippen LogP contribution is 2.24. The summed E-state index contributed by atoms with van der Waals surface area (Å²) in [6, 6.07) is 7.53. The molecule has 1 saturated carbocycles. The molecule has 0 unspecified atom stereocenters. The minimum atomic E-state index is -0.185. The maximum atomic E-state index is 11.6. The molecule has 1 fully saturated rings. The number of benzene rings is 1. The average Bonchev–Trinajstić information content (AvgIpc) is 2.89. The Morgan fingerprint density at radius 3 is 2.71 bits per heavy atom. The fourth-order valence-corrected chi connectivity index (χ4v) is 3.29. The van der Waals surface area contributed by atoms with Crippen molar-refractivity contribution in [3.8, 4) is 0 Å². The number of rotatable bonds is 6. The Morgan fingerprint density at radius 1 is 1.29 bits per heavy atom. The van der Waals surface area contributed by atoms with E-state index in [4.69, 9.17) is 11.6 Å². The van der Waals surface area contributed by atoms with Crippen LogP contribution in [0.2, 0.25) is 5.02 Å². The maximum absolute atomic E-state index is 11.6. The Bertz CT molecular complexity index is 455. The van der Waals surface area contributed by atoms with Gasteiger partial charge in [-0.05, 0) is 49.4 Å². The van der Waals surface area contributed by atoms with Crippen molar-refractivity contribution in [2.45, 2.75) is 30.3 Å². The minimum absolute atomic E-state index is 0.131. The molecule has 0 bridgehead atoms. The molecule has 0 radical (unpaired) electrons. The van der Waals surface area contributed by atoms with Crippen LogP contribution in [0.5, 0.6) is 0 Å². The van der Waals surface area contributed by atoms with Crippen LogP contribution in [0.25, 0.3) is 0 Å². The van der Waals surface area contributed by atoms with Crippen LogP contribution in [0, 0.1) is 5.92 Å². The van der Waals surface area contributed by atoms with E-state index in [2.05, 4.69) is 10.6 Å². The van der Waals surface area contributed by atoms with Gasteiger partial charge in [0.25, 0.3) is 0 Å². The lowest BCUT2D eigenvalue weighted by Crippen LogP contribution is -2.38. The molecule has 1 aromatic rings. The van der Waals surface area contributed by atoms with Crippen LogP contribution < -0.4 is 10.6 Å². The van der Waals surface area contributed by atoms with E-state index in [9.17, 15) is 9.90 Å². The first-order valence-electron chi connectivity index (χ1n) is 7.21. The summed E-state index contributed by atoms with van der Waals surface area (Å²) in [7, 11) is 0. The fraction of sp³-hybridized carbons (Fsp3) is 0.533. The normalized spacial score (nSPS) is 21.2. The molecule has 4 nitrogen and oxygen atoms in total.